The highest BCUT2D eigenvalue weighted by molar-refractivity contribution is 6.51. The van der Waals surface area contributed by atoms with Crippen molar-refractivity contribution in [2.24, 2.45) is 0 Å². The summed E-state index contributed by atoms with van der Waals surface area (Å²) < 4.78 is 11.6. The minimum absolute atomic E-state index is 0.0619. The van der Waals surface area contributed by atoms with Crippen LogP contribution in [0.4, 0.5) is 5.69 Å². The number of hydrogen-bond acceptors (Lipinski definition) is 5. The van der Waals surface area contributed by atoms with Gasteiger partial charge in [0.1, 0.15) is 23.0 Å². The molecule has 4 aromatic rings. The van der Waals surface area contributed by atoms with E-state index < -0.39 is 17.7 Å². The summed E-state index contributed by atoms with van der Waals surface area (Å²) in [5.74, 6) is 0.468. The molecule has 1 amide bonds. The van der Waals surface area contributed by atoms with E-state index in [1.54, 1.807) is 30.3 Å². The molecule has 1 N–H and O–H groups in total. The maximum absolute atomic E-state index is 13.5. The van der Waals surface area contributed by atoms with Crippen LogP contribution in [0.25, 0.3) is 5.76 Å². The number of ketones is 1. The number of aliphatic hydroxyl groups is 1. The van der Waals surface area contributed by atoms with E-state index in [1.807, 2.05) is 73.7 Å². The molecule has 39 heavy (non-hydrogen) atoms. The number of carbonyl (C=O) groups is 2. The summed E-state index contributed by atoms with van der Waals surface area (Å²) in [7, 11) is 0. The topological polar surface area (TPSA) is 76.1 Å². The van der Waals surface area contributed by atoms with Crippen LogP contribution in [0.5, 0.6) is 17.2 Å². The van der Waals surface area contributed by atoms with Gasteiger partial charge in [-0.3, -0.25) is 14.5 Å². The molecule has 0 aromatic heterocycles. The number of para-hydroxylation sites is 1. The molecule has 1 atom stereocenters. The molecule has 2 heterocycles. The number of amides is 1. The molecule has 0 spiro atoms. The standard InChI is InChI=1S/C33H27NO5/c1-21-7-5-8-23(19-21)30-29(31(35)24-12-17-28-22(20-24)9-6-18-38-28)32(36)33(37)34(30)25-13-15-27(16-14-25)39-26-10-3-2-4-11-26/h2-5,7-8,10-17,19-20,30,35H,6,9,18H2,1H3/b31-29-. The van der Waals surface area contributed by atoms with Crippen LogP contribution in [0.2, 0.25) is 0 Å². The van der Waals surface area contributed by atoms with E-state index >= 15 is 0 Å². The number of ether oxygens (including phenoxy) is 2. The van der Waals surface area contributed by atoms with Crippen molar-refractivity contribution in [3.8, 4) is 17.2 Å². The van der Waals surface area contributed by atoms with Gasteiger partial charge in [-0.2, -0.15) is 0 Å². The highest BCUT2D eigenvalue weighted by Gasteiger charge is 2.47. The maximum atomic E-state index is 13.5. The summed E-state index contributed by atoms with van der Waals surface area (Å²) >= 11 is 0. The lowest BCUT2D eigenvalue weighted by molar-refractivity contribution is -0.132. The van der Waals surface area contributed by atoms with Crippen LogP contribution < -0.4 is 14.4 Å². The third kappa shape index (κ3) is 4.66. The number of anilines is 1. The van der Waals surface area contributed by atoms with Crippen LogP contribution in [0.15, 0.2) is 103 Å². The predicted octanol–water partition coefficient (Wildman–Crippen LogP) is 6.74. The van der Waals surface area contributed by atoms with Crippen molar-refractivity contribution in [3.05, 3.63) is 125 Å². The second-order valence-corrected chi connectivity index (χ2v) is 9.77. The van der Waals surface area contributed by atoms with Crippen molar-refractivity contribution < 1.29 is 24.2 Å². The minimum atomic E-state index is -0.793. The molecule has 6 nitrogen and oxygen atoms in total. The SMILES string of the molecule is Cc1cccc(C2/C(=C(/O)c3ccc4c(c3)CCCO4)C(=O)C(=O)N2c2ccc(Oc3ccccc3)cc2)c1. The van der Waals surface area contributed by atoms with Crippen LogP contribution in [-0.4, -0.2) is 23.4 Å². The van der Waals surface area contributed by atoms with Gasteiger partial charge in [-0.05, 0) is 85.5 Å². The average molecular weight is 518 g/mol. The summed E-state index contributed by atoms with van der Waals surface area (Å²) in [6.07, 6.45) is 1.71. The number of benzene rings is 4. The Hall–Kier alpha value is -4.84. The molecule has 0 saturated carbocycles. The Bertz CT molecular complexity index is 1590. The Morgan fingerprint density at radius 2 is 1.67 bits per heavy atom. The van der Waals surface area contributed by atoms with Gasteiger partial charge in [-0.1, -0.05) is 48.0 Å². The van der Waals surface area contributed by atoms with Crippen molar-refractivity contribution in [2.75, 3.05) is 11.5 Å². The molecule has 4 aromatic carbocycles. The molecule has 1 fully saturated rings. The highest BCUT2D eigenvalue weighted by Crippen LogP contribution is 2.43. The molecule has 2 aliphatic rings. The molecular weight excluding hydrogens is 490 g/mol. The van der Waals surface area contributed by atoms with E-state index in [0.717, 1.165) is 35.3 Å². The first-order chi connectivity index (χ1) is 19.0. The van der Waals surface area contributed by atoms with Gasteiger partial charge in [0.2, 0.25) is 0 Å². The fourth-order valence-corrected chi connectivity index (χ4v) is 5.22. The van der Waals surface area contributed by atoms with Crippen LogP contribution >= 0.6 is 0 Å². The fraction of sp³-hybridized carbons (Fsp3) is 0.152. The van der Waals surface area contributed by atoms with Gasteiger partial charge in [0.05, 0.1) is 18.2 Å². The number of Topliss-reactive ketones (excluding diaryl/α,β-unsaturated/α-hetero) is 1. The lowest BCUT2D eigenvalue weighted by Crippen LogP contribution is -2.29. The Balaban J connectivity index is 1.43. The van der Waals surface area contributed by atoms with Crippen LogP contribution in [0.1, 0.15) is 34.7 Å². The molecule has 0 radical (unpaired) electrons. The molecular formula is C33H27NO5. The molecule has 2 aliphatic heterocycles. The predicted molar refractivity (Wildman–Crippen MR) is 149 cm³/mol. The van der Waals surface area contributed by atoms with Gasteiger partial charge in [-0.15, -0.1) is 0 Å². The summed E-state index contributed by atoms with van der Waals surface area (Å²) in [6.45, 7) is 2.61. The Kier molecular flexibility index (Phi) is 6.37. The Morgan fingerprint density at radius 3 is 2.44 bits per heavy atom. The first-order valence-corrected chi connectivity index (χ1v) is 13.0. The zero-order chi connectivity index (χ0) is 26.9. The van der Waals surface area contributed by atoms with Crippen molar-refractivity contribution >= 4 is 23.1 Å². The van der Waals surface area contributed by atoms with E-state index in [-0.39, 0.29) is 11.3 Å². The summed E-state index contributed by atoms with van der Waals surface area (Å²) in [5.41, 5.74) is 3.77. The number of nitrogens with zero attached hydrogens (tertiary/aromatic N) is 1. The molecule has 6 heteroatoms. The van der Waals surface area contributed by atoms with Gasteiger partial charge >= 0.3 is 0 Å². The Morgan fingerprint density at radius 1 is 0.897 bits per heavy atom. The molecule has 6 rings (SSSR count). The van der Waals surface area contributed by atoms with Gasteiger partial charge in [0.15, 0.2) is 0 Å². The second kappa shape index (κ2) is 10.1. The second-order valence-electron chi connectivity index (χ2n) is 9.77. The minimum Gasteiger partial charge on any atom is -0.507 e. The molecule has 1 unspecified atom stereocenters. The lowest BCUT2D eigenvalue weighted by Gasteiger charge is -2.26. The van der Waals surface area contributed by atoms with Crippen molar-refractivity contribution in [1.29, 1.82) is 0 Å². The zero-order valence-electron chi connectivity index (χ0n) is 21.5. The quantitative estimate of drug-likeness (QED) is 0.180. The number of aliphatic hydroxyl groups excluding tert-OH is 1. The molecule has 194 valence electrons. The first-order valence-electron chi connectivity index (χ1n) is 13.0. The van der Waals surface area contributed by atoms with Gasteiger partial charge in [-0.25, -0.2) is 0 Å². The largest absolute Gasteiger partial charge is 0.507 e. The van der Waals surface area contributed by atoms with Gasteiger partial charge < -0.3 is 14.6 Å². The van der Waals surface area contributed by atoms with E-state index in [0.29, 0.717) is 29.4 Å². The maximum Gasteiger partial charge on any atom is 0.300 e. The van der Waals surface area contributed by atoms with Gasteiger partial charge in [0, 0.05) is 11.3 Å². The smallest absolute Gasteiger partial charge is 0.300 e. The molecule has 0 bridgehead atoms. The molecule has 0 aliphatic carbocycles. The van der Waals surface area contributed by atoms with Crippen molar-refractivity contribution in [2.45, 2.75) is 25.8 Å². The average Bonchev–Trinajstić information content (AvgIpc) is 3.23. The van der Waals surface area contributed by atoms with Crippen molar-refractivity contribution in [1.82, 2.24) is 0 Å². The van der Waals surface area contributed by atoms with Crippen LogP contribution in [0.3, 0.4) is 0 Å². The third-order valence-electron chi connectivity index (χ3n) is 7.08. The van der Waals surface area contributed by atoms with Crippen molar-refractivity contribution in [3.63, 3.8) is 0 Å². The monoisotopic (exact) mass is 517 g/mol. The first kappa shape index (κ1) is 24.5. The molecule has 1 saturated heterocycles. The Labute approximate surface area is 226 Å². The van der Waals surface area contributed by atoms with E-state index in [2.05, 4.69) is 0 Å². The number of fused-ring (bicyclic) bond motifs is 1. The lowest BCUT2D eigenvalue weighted by atomic mass is 9.93. The van der Waals surface area contributed by atoms with Gasteiger partial charge in [0.25, 0.3) is 11.7 Å². The van der Waals surface area contributed by atoms with E-state index in [1.165, 1.54) is 4.90 Å². The van der Waals surface area contributed by atoms with Crippen LogP contribution in [0, 0.1) is 6.92 Å². The summed E-state index contributed by atoms with van der Waals surface area (Å²) in [6, 6.07) is 28.7. The number of rotatable bonds is 5. The number of hydrogen-bond donors (Lipinski definition) is 1. The fourth-order valence-electron chi connectivity index (χ4n) is 5.22. The van der Waals surface area contributed by atoms with Crippen LogP contribution in [-0.2, 0) is 16.0 Å². The summed E-state index contributed by atoms with van der Waals surface area (Å²) in [4.78, 5) is 28.5. The zero-order valence-corrected chi connectivity index (χ0v) is 21.5. The van der Waals surface area contributed by atoms with E-state index in [4.69, 9.17) is 9.47 Å². The number of aryl methyl sites for hydroxylation is 2. The summed E-state index contributed by atoms with van der Waals surface area (Å²) in [5, 5.41) is 11.5. The normalized spacial score (nSPS) is 18.0. The number of carbonyl (C=O) groups excluding carboxylic acids is 2. The highest BCUT2D eigenvalue weighted by atomic mass is 16.5. The third-order valence-corrected chi connectivity index (χ3v) is 7.08. The van der Waals surface area contributed by atoms with E-state index in [9.17, 15) is 14.7 Å².